The Hall–Kier alpha value is 0.0112. The molecule has 0 bridgehead atoms. The molecule has 21 heavy (non-hydrogen) atoms. The molecular weight excluding hydrogens is 355 g/mol. The average Bonchev–Trinajstić information content (AvgIpc) is 2.76. The van der Waals surface area contributed by atoms with E-state index in [2.05, 4.69) is 83.8 Å². The van der Waals surface area contributed by atoms with Gasteiger partial charge in [0.2, 0.25) is 0 Å². The Morgan fingerprint density at radius 3 is 2.29 bits per heavy atom. The minimum Gasteiger partial charge on any atom is -0.147 e. The van der Waals surface area contributed by atoms with Crippen molar-refractivity contribution in [3.8, 4) is 5.75 Å². The normalized spacial score (nSPS) is 13.9. The number of rotatable bonds is 4. The summed E-state index contributed by atoms with van der Waals surface area (Å²) < 4.78 is 7.54. The molecule has 0 unspecified atom stereocenters. The number of allylic oxidation sites excluding steroid dienone is 4. The van der Waals surface area contributed by atoms with Crippen LogP contribution in [0.5, 0.6) is 5.75 Å². The van der Waals surface area contributed by atoms with Crippen LogP contribution in [0.2, 0.25) is 13.1 Å². The predicted octanol–water partition coefficient (Wildman–Crippen LogP) is 4.53. The summed E-state index contributed by atoms with van der Waals surface area (Å²) in [5.41, 5.74) is 0. The fourth-order valence-electron chi connectivity index (χ4n) is 2.58. The van der Waals surface area contributed by atoms with Crippen LogP contribution in [-0.2, 0) is 20.4 Å². The Bertz CT molecular complexity index is 539. The molecule has 0 amide bonds. The van der Waals surface area contributed by atoms with Crippen molar-refractivity contribution in [3.63, 3.8) is 0 Å². The minimum absolute atomic E-state index is 0. The number of para-hydroxylation sites is 1. The first-order valence-electron chi connectivity index (χ1n) is 6.81. The molecule has 115 valence electrons. The zero-order chi connectivity index (χ0) is 14.0. The van der Waals surface area contributed by atoms with E-state index in [1.807, 2.05) is 0 Å². The summed E-state index contributed by atoms with van der Waals surface area (Å²) >= 11 is 2.26. The van der Waals surface area contributed by atoms with Crippen LogP contribution in [0.4, 0.5) is 0 Å². The van der Waals surface area contributed by atoms with Crippen molar-refractivity contribution in [1.82, 2.24) is 0 Å². The van der Waals surface area contributed by atoms with Gasteiger partial charge in [0.1, 0.15) is 0 Å². The van der Waals surface area contributed by atoms with E-state index in [0.717, 1.165) is 12.2 Å². The maximum Gasteiger partial charge on any atom is -0.147 e. The maximum absolute atomic E-state index is 6.01. The molecule has 0 aromatic heterocycles. The second kappa shape index (κ2) is 8.59. The van der Waals surface area contributed by atoms with Crippen molar-refractivity contribution in [3.05, 3.63) is 45.5 Å². The summed E-state index contributed by atoms with van der Waals surface area (Å²) in [6.07, 6.45) is 5.94. The number of halogens is 2. The van der Waals surface area contributed by atoms with Crippen LogP contribution in [0.3, 0.4) is 0 Å². The molecule has 1 aromatic rings. The molecule has 1 aliphatic carbocycles. The van der Waals surface area contributed by atoms with Crippen LogP contribution in [-0.4, -0.2) is 14.2 Å². The fraction of sp³-hybridized carbons (Fsp3) is 0.375. The predicted molar refractivity (Wildman–Crippen MR) is 94.6 cm³/mol. The first kappa shape index (κ1) is 21.0. The number of benzene rings is 1. The third kappa shape index (κ3) is 4.74. The zero-order valence-electron chi connectivity index (χ0n) is 13.0. The number of hydrogen-bond donors (Lipinski definition) is 0. The van der Waals surface area contributed by atoms with Crippen LogP contribution in [0.1, 0.15) is 20.3 Å². The van der Waals surface area contributed by atoms with Crippen LogP contribution < -0.4 is 9.92 Å². The Kier molecular flexibility index (Phi) is 8.60. The molecule has 5 heteroatoms. The van der Waals surface area contributed by atoms with Gasteiger partial charge >= 0.3 is 129 Å². The third-order valence-electron chi connectivity index (χ3n) is 3.53. The zero-order valence-corrected chi connectivity index (χ0v) is 17.2. The van der Waals surface area contributed by atoms with Crippen molar-refractivity contribution in [1.29, 1.82) is 0 Å². The van der Waals surface area contributed by atoms with Crippen LogP contribution in [0, 0.1) is 0 Å². The summed E-state index contributed by atoms with van der Waals surface area (Å²) in [5.74, 6) is 1.06. The van der Waals surface area contributed by atoms with Crippen molar-refractivity contribution < 1.29 is 25.2 Å². The topological polar surface area (TPSA) is 9.23 Å². The second-order valence-corrected chi connectivity index (χ2v) is 11.1. The van der Waals surface area contributed by atoms with E-state index in [0.29, 0.717) is 0 Å². The summed E-state index contributed by atoms with van der Waals surface area (Å²) in [4.78, 5) is 0. The van der Waals surface area contributed by atoms with Crippen molar-refractivity contribution in [2.75, 3.05) is 0 Å². The molecule has 0 saturated heterocycles. The smallest absolute Gasteiger partial charge is 0.147 e. The minimum atomic E-state index is -1.65. The summed E-state index contributed by atoms with van der Waals surface area (Å²) in [7, 11) is -1.65. The van der Waals surface area contributed by atoms with Gasteiger partial charge in [0.05, 0.1) is 0 Å². The van der Waals surface area contributed by atoms with Crippen LogP contribution >= 0.6 is 24.8 Å². The van der Waals surface area contributed by atoms with Crippen molar-refractivity contribution >= 4 is 38.1 Å². The molecule has 0 N–H and O–H groups in total. The van der Waals surface area contributed by atoms with E-state index in [1.165, 1.54) is 9.06 Å². The van der Waals surface area contributed by atoms with Gasteiger partial charge in [0.15, 0.2) is 0 Å². The maximum atomic E-state index is 6.01. The molecular formula is C16H23Cl2OSiTi. The molecule has 0 aliphatic heterocycles. The largest absolute Gasteiger partial charge is 0.147 e. The van der Waals surface area contributed by atoms with Gasteiger partial charge in [0, 0.05) is 0 Å². The van der Waals surface area contributed by atoms with Crippen LogP contribution in [0.25, 0.3) is 0 Å². The van der Waals surface area contributed by atoms with Gasteiger partial charge in [-0.05, 0) is 0 Å². The number of hydrogen-bond acceptors (Lipinski definition) is 1. The molecule has 0 heterocycles. The van der Waals surface area contributed by atoms with Gasteiger partial charge in [0.25, 0.3) is 0 Å². The molecule has 0 radical (unpaired) electrons. The van der Waals surface area contributed by atoms with Crippen molar-refractivity contribution in [2.45, 2.75) is 39.5 Å². The van der Waals surface area contributed by atoms with Crippen molar-refractivity contribution in [2.24, 2.45) is 0 Å². The monoisotopic (exact) mass is 377 g/mol. The third-order valence-corrected chi connectivity index (χ3v) is 8.23. The molecule has 0 saturated carbocycles. The molecule has 1 aliphatic rings. The van der Waals surface area contributed by atoms with E-state index in [-0.39, 0.29) is 30.9 Å². The van der Waals surface area contributed by atoms with E-state index >= 15 is 0 Å². The quantitative estimate of drug-likeness (QED) is 0.700. The molecule has 1 nitrogen and oxygen atoms in total. The Morgan fingerprint density at radius 1 is 1.14 bits per heavy atom. The molecule has 1 aromatic carbocycles. The van der Waals surface area contributed by atoms with E-state index < -0.39 is 8.07 Å². The van der Waals surface area contributed by atoms with Gasteiger partial charge in [-0.2, -0.15) is 0 Å². The van der Waals surface area contributed by atoms with Gasteiger partial charge in [-0.1, -0.05) is 0 Å². The molecule has 2 rings (SSSR count). The standard InChI is InChI=1S/C16H21OSi.2ClH.Ti/c1-13(2)17-15-11-7-8-12-16(15)18(3,4)14-9-5-6-10-14;;;/h5,7-9,11-13H,6H2,1-4H3;2*1H;. The Balaban J connectivity index is 0.00000200. The molecule has 0 spiro atoms. The SMILES string of the molecule is CC(C)Oc1ccccc1[Si](C)(C)C1=[C]([Ti])CC=C1.Cl.Cl. The van der Waals surface area contributed by atoms with Gasteiger partial charge in [-0.25, -0.2) is 0 Å². The average molecular weight is 378 g/mol. The van der Waals surface area contributed by atoms with E-state index in [1.54, 1.807) is 5.20 Å². The van der Waals surface area contributed by atoms with Gasteiger partial charge in [-0.3, -0.25) is 0 Å². The first-order valence-corrected chi connectivity index (χ1v) is 10.6. The summed E-state index contributed by atoms with van der Waals surface area (Å²) in [6, 6.07) is 8.55. The second-order valence-electron chi connectivity index (χ2n) is 5.79. The van der Waals surface area contributed by atoms with Crippen LogP contribution in [0.15, 0.2) is 45.5 Å². The van der Waals surface area contributed by atoms with E-state index in [4.69, 9.17) is 4.74 Å². The number of ether oxygens (including phenoxy) is 1. The van der Waals surface area contributed by atoms with Gasteiger partial charge in [-0.15, -0.1) is 24.8 Å². The Morgan fingerprint density at radius 2 is 1.76 bits per heavy atom. The summed E-state index contributed by atoms with van der Waals surface area (Å²) in [5, 5.41) is 2.97. The molecule has 0 fully saturated rings. The Labute approximate surface area is 153 Å². The molecule has 0 atom stereocenters. The van der Waals surface area contributed by atoms with E-state index in [9.17, 15) is 0 Å². The fourth-order valence-corrected chi connectivity index (χ4v) is 7.31. The van der Waals surface area contributed by atoms with Gasteiger partial charge < -0.3 is 0 Å². The first-order chi connectivity index (χ1) is 8.93. The summed E-state index contributed by atoms with van der Waals surface area (Å²) in [6.45, 7) is 9.02.